The summed E-state index contributed by atoms with van der Waals surface area (Å²) in [5, 5.41) is 11.5. The van der Waals surface area contributed by atoms with E-state index in [2.05, 4.69) is 10.1 Å². The molecule has 9 heteroatoms. The van der Waals surface area contributed by atoms with Crippen LogP contribution in [-0.4, -0.2) is 31.1 Å². The number of hydrogen-bond donors (Lipinski definition) is 1. The predicted molar refractivity (Wildman–Crippen MR) is 112 cm³/mol. The van der Waals surface area contributed by atoms with E-state index in [1.807, 2.05) is 12.1 Å². The highest BCUT2D eigenvalue weighted by molar-refractivity contribution is 5.95. The summed E-state index contributed by atoms with van der Waals surface area (Å²) in [6.45, 7) is -0.979. The highest BCUT2D eigenvalue weighted by Gasteiger charge is 2.27. The number of benzene rings is 2. The Morgan fingerprint density at radius 1 is 1.00 bits per heavy atom. The third kappa shape index (κ3) is 9.18. The number of carbonyl (C=O) groups is 2. The molecular weight excluding hydrogens is 423 g/mol. The molecule has 0 aliphatic heterocycles. The Kier molecular flexibility index (Phi) is 9.70. The summed E-state index contributed by atoms with van der Waals surface area (Å²) in [6, 6.07) is 17.6. The highest BCUT2D eigenvalue weighted by atomic mass is 19.4. The van der Waals surface area contributed by atoms with Crippen molar-refractivity contribution >= 4 is 17.5 Å². The van der Waals surface area contributed by atoms with Crippen molar-refractivity contribution in [3.05, 3.63) is 65.7 Å². The van der Waals surface area contributed by atoms with Crippen molar-refractivity contribution in [3.63, 3.8) is 0 Å². The predicted octanol–water partition coefficient (Wildman–Crippen LogP) is 4.11. The fraction of sp³-hybridized carbons (Fsp3) is 0.348. The van der Waals surface area contributed by atoms with E-state index in [4.69, 9.17) is 5.26 Å². The van der Waals surface area contributed by atoms with Gasteiger partial charge in [0.1, 0.15) is 6.61 Å². The Hall–Kier alpha value is -3.38. The topological polar surface area (TPSA) is 82.4 Å². The highest BCUT2D eigenvalue weighted by Crippen LogP contribution is 2.17. The number of ether oxygens (including phenoxy) is 1. The van der Waals surface area contributed by atoms with Crippen molar-refractivity contribution in [2.45, 2.75) is 38.6 Å². The number of amides is 2. The Labute approximate surface area is 184 Å². The maximum atomic E-state index is 12.6. The fourth-order valence-corrected chi connectivity index (χ4v) is 2.85. The molecule has 0 spiro atoms. The summed E-state index contributed by atoms with van der Waals surface area (Å²) < 4.78 is 40.9. The van der Waals surface area contributed by atoms with Crippen LogP contribution in [0.15, 0.2) is 54.6 Å². The molecule has 0 unspecified atom stereocenters. The largest absolute Gasteiger partial charge is 0.411 e. The molecular formula is C23H24F3N3O3. The van der Waals surface area contributed by atoms with E-state index in [0.717, 1.165) is 5.56 Å². The van der Waals surface area contributed by atoms with Gasteiger partial charge >= 0.3 is 6.18 Å². The zero-order valence-electron chi connectivity index (χ0n) is 17.4. The number of anilines is 1. The van der Waals surface area contributed by atoms with Crippen molar-refractivity contribution in [3.8, 4) is 6.07 Å². The molecule has 6 nitrogen and oxygen atoms in total. The minimum atomic E-state index is -4.36. The van der Waals surface area contributed by atoms with Gasteiger partial charge in [0, 0.05) is 31.6 Å². The number of alkyl halides is 3. The molecule has 1 N–H and O–H groups in total. The average Bonchev–Trinajstić information content (AvgIpc) is 2.77. The number of nitrogens with one attached hydrogen (secondary N) is 1. The Morgan fingerprint density at radius 3 is 2.28 bits per heavy atom. The van der Waals surface area contributed by atoms with Crippen molar-refractivity contribution in [1.29, 1.82) is 5.26 Å². The first-order valence-electron chi connectivity index (χ1n) is 10.00. The molecule has 2 amide bonds. The van der Waals surface area contributed by atoms with Gasteiger partial charge in [0.25, 0.3) is 0 Å². The van der Waals surface area contributed by atoms with E-state index in [1.54, 1.807) is 48.5 Å². The SMILES string of the molecule is N#CCCN(C(=O)CCC(=O)NCc1ccc(COCC(F)(F)F)cc1)c1ccccc1. The van der Waals surface area contributed by atoms with Crippen LogP contribution in [0.3, 0.4) is 0 Å². The molecule has 0 fully saturated rings. The summed E-state index contributed by atoms with van der Waals surface area (Å²) in [6.07, 6.45) is -4.18. The van der Waals surface area contributed by atoms with E-state index in [0.29, 0.717) is 11.3 Å². The standard InChI is InChI=1S/C23H24F3N3O3/c24-23(25,26)17-32-16-19-9-7-18(8-10-19)15-28-21(30)11-12-22(31)29(14-4-13-27)20-5-2-1-3-6-20/h1-3,5-10H,4,11-12,14-17H2,(H,28,30). The lowest BCUT2D eigenvalue weighted by molar-refractivity contribution is -0.176. The lowest BCUT2D eigenvalue weighted by atomic mass is 10.1. The zero-order chi connectivity index (χ0) is 23.4. The zero-order valence-corrected chi connectivity index (χ0v) is 17.4. The molecule has 0 saturated carbocycles. The number of para-hydroxylation sites is 1. The molecule has 0 radical (unpaired) electrons. The number of rotatable bonds is 11. The van der Waals surface area contributed by atoms with Crippen molar-refractivity contribution in [2.75, 3.05) is 18.1 Å². The van der Waals surface area contributed by atoms with Crippen LogP contribution in [0, 0.1) is 11.3 Å². The quantitative estimate of drug-likeness (QED) is 0.562. The summed E-state index contributed by atoms with van der Waals surface area (Å²) >= 11 is 0. The van der Waals surface area contributed by atoms with Crippen LogP contribution in [0.2, 0.25) is 0 Å². The van der Waals surface area contributed by atoms with Gasteiger partial charge in [-0.3, -0.25) is 9.59 Å². The number of halogens is 3. The summed E-state index contributed by atoms with van der Waals surface area (Å²) in [5.41, 5.74) is 2.03. The first-order chi connectivity index (χ1) is 15.3. The second-order valence-electron chi connectivity index (χ2n) is 6.99. The van der Waals surface area contributed by atoms with Crippen LogP contribution in [-0.2, 0) is 27.5 Å². The van der Waals surface area contributed by atoms with Crippen LogP contribution in [0.25, 0.3) is 0 Å². The third-order valence-corrected chi connectivity index (χ3v) is 4.43. The van der Waals surface area contributed by atoms with E-state index >= 15 is 0 Å². The maximum Gasteiger partial charge on any atom is 0.411 e. The minimum absolute atomic E-state index is 0.00163. The van der Waals surface area contributed by atoms with Gasteiger partial charge < -0.3 is 15.0 Å². The van der Waals surface area contributed by atoms with Gasteiger partial charge in [0.2, 0.25) is 11.8 Å². The Bertz CT molecular complexity index is 910. The number of hydrogen-bond acceptors (Lipinski definition) is 4. The van der Waals surface area contributed by atoms with Crippen LogP contribution in [0.1, 0.15) is 30.4 Å². The van der Waals surface area contributed by atoms with Crippen LogP contribution in [0.5, 0.6) is 0 Å². The summed E-state index contributed by atoms with van der Waals surface area (Å²) in [4.78, 5) is 26.2. The van der Waals surface area contributed by atoms with E-state index < -0.39 is 12.8 Å². The van der Waals surface area contributed by atoms with Gasteiger partial charge in [-0.1, -0.05) is 42.5 Å². The smallest absolute Gasteiger partial charge is 0.367 e. The first-order valence-corrected chi connectivity index (χ1v) is 10.00. The van der Waals surface area contributed by atoms with Crippen LogP contribution >= 0.6 is 0 Å². The van der Waals surface area contributed by atoms with Gasteiger partial charge in [0.15, 0.2) is 0 Å². The number of nitriles is 1. The average molecular weight is 447 g/mol. The second kappa shape index (κ2) is 12.5. The molecule has 0 saturated heterocycles. The molecule has 170 valence electrons. The maximum absolute atomic E-state index is 12.6. The third-order valence-electron chi connectivity index (χ3n) is 4.43. The molecule has 2 aromatic rings. The van der Waals surface area contributed by atoms with Crippen molar-refractivity contribution < 1.29 is 27.5 Å². The van der Waals surface area contributed by atoms with Crippen LogP contribution in [0.4, 0.5) is 18.9 Å². The van der Waals surface area contributed by atoms with Gasteiger partial charge in [0.05, 0.1) is 19.1 Å². The van der Waals surface area contributed by atoms with Gasteiger partial charge in [-0.2, -0.15) is 18.4 Å². The molecule has 0 bridgehead atoms. The van der Waals surface area contributed by atoms with Gasteiger partial charge in [-0.25, -0.2) is 0 Å². The summed E-state index contributed by atoms with van der Waals surface area (Å²) in [7, 11) is 0. The molecule has 32 heavy (non-hydrogen) atoms. The molecule has 2 rings (SSSR count). The monoisotopic (exact) mass is 447 g/mol. The molecule has 2 aromatic carbocycles. The molecule has 0 aliphatic carbocycles. The fourth-order valence-electron chi connectivity index (χ4n) is 2.85. The normalized spacial score (nSPS) is 10.9. The van der Waals surface area contributed by atoms with E-state index in [1.165, 1.54) is 4.90 Å². The van der Waals surface area contributed by atoms with Crippen molar-refractivity contribution in [2.24, 2.45) is 0 Å². The second-order valence-corrected chi connectivity index (χ2v) is 6.99. The van der Waals surface area contributed by atoms with Crippen LogP contribution < -0.4 is 10.2 Å². The molecule has 0 atom stereocenters. The van der Waals surface area contributed by atoms with Gasteiger partial charge in [-0.15, -0.1) is 0 Å². The van der Waals surface area contributed by atoms with Gasteiger partial charge in [-0.05, 0) is 23.3 Å². The number of carbonyl (C=O) groups excluding carboxylic acids is 2. The molecule has 0 aromatic heterocycles. The molecule has 0 heterocycles. The lowest BCUT2D eigenvalue weighted by Gasteiger charge is -2.21. The van der Waals surface area contributed by atoms with E-state index in [9.17, 15) is 22.8 Å². The number of nitrogens with zero attached hydrogens (tertiary/aromatic N) is 2. The lowest BCUT2D eigenvalue weighted by Crippen LogP contribution is -2.33. The Morgan fingerprint density at radius 2 is 1.66 bits per heavy atom. The molecule has 0 aliphatic rings. The Balaban J connectivity index is 1.77. The summed E-state index contributed by atoms with van der Waals surface area (Å²) in [5.74, 6) is -0.547. The van der Waals surface area contributed by atoms with E-state index in [-0.39, 0.29) is 50.8 Å². The first kappa shape index (κ1) is 24.9. The van der Waals surface area contributed by atoms with Crippen molar-refractivity contribution in [1.82, 2.24) is 5.32 Å². The minimum Gasteiger partial charge on any atom is -0.367 e.